The van der Waals surface area contributed by atoms with Crippen LogP contribution in [0.5, 0.6) is 0 Å². The summed E-state index contributed by atoms with van der Waals surface area (Å²) >= 11 is 0. The van der Waals surface area contributed by atoms with Crippen molar-refractivity contribution in [3.63, 3.8) is 0 Å². The van der Waals surface area contributed by atoms with Gasteiger partial charge in [-0.05, 0) is 0 Å². The Bertz CT molecular complexity index is 394. The summed E-state index contributed by atoms with van der Waals surface area (Å²) in [6.45, 7) is 0. The highest BCUT2D eigenvalue weighted by Crippen LogP contribution is 2.05. The first kappa shape index (κ1) is 14.3. The average molecular weight is 256 g/mol. The Hall–Kier alpha value is -1.68. The molecule has 10 heteroatoms. The molecule has 0 aromatic carbocycles. The molecule has 0 rings (SSSR count). The molecule has 0 aromatic heterocycles. The van der Waals surface area contributed by atoms with E-state index in [1.807, 2.05) is 0 Å². The van der Waals surface area contributed by atoms with Crippen molar-refractivity contribution in [3.05, 3.63) is 0 Å². The topological polar surface area (TPSA) is 155 Å². The molecule has 0 aromatic rings. The van der Waals surface area contributed by atoms with Crippen molar-refractivity contribution in [3.8, 4) is 0 Å². The Labute approximate surface area is 89.4 Å². The molecule has 0 radical (unpaired) electrons. The van der Waals surface area contributed by atoms with Gasteiger partial charge in [0.25, 0.3) is 10.1 Å². The molecular weight excluding hydrogens is 248 g/mol. The van der Waals surface area contributed by atoms with E-state index in [0.717, 1.165) is 0 Å². The minimum absolute atomic E-state index is 1.09. The summed E-state index contributed by atoms with van der Waals surface area (Å²) in [5, 5.41) is 24.8. The summed E-state index contributed by atoms with van der Waals surface area (Å²) in [5.74, 6) is -6.56. The van der Waals surface area contributed by atoms with Gasteiger partial charge in [-0.15, -0.1) is 0 Å². The quantitative estimate of drug-likeness (QED) is 0.454. The van der Waals surface area contributed by atoms with Crippen molar-refractivity contribution in [2.75, 3.05) is 5.75 Å². The smallest absolute Gasteiger partial charge is 0.334 e. The second-order valence-electron chi connectivity index (χ2n) is 2.62. The monoisotopic (exact) mass is 256 g/mol. The third-order valence-corrected chi connectivity index (χ3v) is 2.32. The first-order valence-corrected chi connectivity index (χ1v) is 5.29. The summed E-state index contributed by atoms with van der Waals surface area (Å²) < 4.78 is 25.7. The number of carboxylic acids is 3. The third kappa shape index (κ3) is 5.93. The molecule has 0 heterocycles. The van der Waals surface area contributed by atoms with Gasteiger partial charge in [-0.1, -0.05) is 0 Å². The van der Waals surface area contributed by atoms with Crippen LogP contribution in [0.15, 0.2) is 0 Å². The molecule has 9 nitrogen and oxygen atoms in total. The summed E-state index contributed by atoms with van der Waals surface area (Å²) in [5.41, 5.74) is 0. The van der Waals surface area contributed by atoms with E-state index >= 15 is 0 Å². The van der Waals surface area contributed by atoms with Gasteiger partial charge in [-0.2, -0.15) is 8.42 Å². The third-order valence-electron chi connectivity index (χ3n) is 1.20. The molecule has 0 bridgehead atoms. The van der Waals surface area contributed by atoms with Crippen molar-refractivity contribution in [1.29, 1.82) is 0 Å². The standard InChI is InChI=1S/C6H8O9S/c7-4(8)1-3(6(11)12)15-16(13,14)2-5(9)10/h3H,1-2H2,(H,7,8)(H,9,10)(H,11,12). The van der Waals surface area contributed by atoms with Crippen LogP contribution in [0.4, 0.5) is 0 Å². The van der Waals surface area contributed by atoms with Crippen LogP contribution >= 0.6 is 0 Å². The molecule has 0 spiro atoms. The maximum Gasteiger partial charge on any atom is 0.334 e. The highest BCUT2D eigenvalue weighted by molar-refractivity contribution is 7.87. The zero-order valence-corrected chi connectivity index (χ0v) is 8.51. The van der Waals surface area contributed by atoms with Crippen molar-refractivity contribution in [2.45, 2.75) is 12.5 Å². The molecule has 92 valence electrons. The first-order valence-electron chi connectivity index (χ1n) is 3.71. The van der Waals surface area contributed by atoms with Gasteiger partial charge in [0.1, 0.15) is 0 Å². The molecule has 0 amide bonds. The zero-order valence-electron chi connectivity index (χ0n) is 7.69. The zero-order chi connectivity index (χ0) is 12.9. The lowest BCUT2D eigenvalue weighted by Crippen LogP contribution is -2.32. The molecule has 0 aliphatic rings. The van der Waals surface area contributed by atoms with E-state index in [1.165, 1.54) is 0 Å². The maximum absolute atomic E-state index is 10.9. The summed E-state index contributed by atoms with van der Waals surface area (Å²) in [6.07, 6.45) is -3.23. The van der Waals surface area contributed by atoms with Gasteiger partial charge in [-0.25, -0.2) is 4.79 Å². The normalized spacial score (nSPS) is 13.0. The maximum atomic E-state index is 10.9. The Morgan fingerprint density at radius 2 is 1.56 bits per heavy atom. The van der Waals surface area contributed by atoms with Gasteiger partial charge < -0.3 is 15.3 Å². The predicted octanol–water partition coefficient (Wildman–Crippen LogP) is -1.65. The molecule has 0 aliphatic carbocycles. The summed E-state index contributed by atoms with van der Waals surface area (Å²) in [6, 6.07) is 0. The first-order chi connectivity index (χ1) is 7.14. The Balaban J connectivity index is 4.69. The van der Waals surface area contributed by atoms with Crippen LogP contribution in [0.1, 0.15) is 6.42 Å². The molecule has 3 N–H and O–H groups in total. The van der Waals surface area contributed by atoms with Gasteiger partial charge >= 0.3 is 17.9 Å². The van der Waals surface area contributed by atoms with Crippen molar-refractivity contribution >= 4 is 28.0 Å². The van der Waals surface area contributed by atoms with Crippen molar-refractivity contribution < 1.29 is 42.3 Å². The molecule has 0 saturated heterocycles. The van der Waals surface area contributed by atoms with Crippen LogP contribution in [-0.4, -0.2) is 53.5 Å². The Kier molecular flexibility index (Phi) is 4.85. The molecule has 0 aliphatic heterocycles. The Morgan fingerprint density at radius 1 is 1.06 bits per heavy atom. The number of hydrogen-bond acceptors (Lipinski definition) is 6. The van der Waals surface area contributed by atoms with Crippen molar-refractivity contribution in [2.24, 2.45) is 0 Å². The number of rotatable bonds is 7. The van der Waals surface area contributed by atoms with Crippen LogP contribution in [0.25, 0.3) is 0 Å². The fraction of sp³-hybridized carbons (Fsp3) is 0.500. The average Bonchev–Trinajstić information content (AvgIpc) is 1.98. The lowest BCUT2D eigenvalue weighted by atomic mass is 10.3. The minimum atomic E-state index is -4.61. The second kappa shape index (κ2) is 5.42. The van der Waals surface area contributed by atoms with Gasteiger partial charge in [0.2, 0.25) is 0 Å². The van der Waals surface area contributed by atoms with Crippen LogP contribution in [0.2, 0.25) is 0 Å². The highest BCUT2D eigenvalue weighted by Gasteiger charge is 2.29. The minimum Gasteiger partial charge on any atom is -0.481 e. The lowest BCUT2D eigenvalue weighted by molar-refractivity contribution is -0.151. The van der Waals surface area contributed by atoms with Gasteiger partial charge in [0.15, 0.2) is 11.9 Å². The lowest BCUT2D eigenvalue weighted by Gasteiger charge is -2.09. The number of hydrogen-bond donors (Lipinski definition) is 3. The predicted molar refractivity (Wildman–Crippen MR) is 46.2 cm³/mol. The van der Waals surface area contributed by atoms with E-state index in [9.17, 15) is 22.8 Å². The molecule has 16 heavy (non-hydrogen) atoms. The summed E-state index contributed by atoms with van der Waals surface area (Å²) in [7, 11) is -4.61. The SMILES string of the molecule is O=C(O)CC(OS(=O)(=O)CC(=O)O)C(=O)O. The molecule has 1 atom stereocenters. The van der Waals surface area contributed by atoms with Crippen LogP contribution in [-0.2, 0) is 28.7 Å². The fourth-order valence-electron chi connectivity index (χ4n) is 0.683. The molecular formula is C6H8O9S. The van der Waals surface area contributed by atoms with E-state index in [-0.39, 0.29) is 0 Å². The van der Waals surface area contributed by atoms with Crippen LogP contribution in [0, 0.1) is 0 Å². The largest absolute Gasteiger partial charge is 0.481 e. The van der Waals surface area contributed by atoms with Gasteiger partial charge in [0, 0.05) is 0 Å². The molecule has 1 unspecified atom stereocenters. The van der Waals surface area contributed by atoms with Crippen LogP contribution in [0.3, 0.4) is 0 Å². The van der Waals surface area contributed by atoms with Gasteiger partial charge in [0.05, 0.1) is 6.42 Å². The highest BCUT2D eigenvalue weighted by atomic mass is 32.2. The van der Waals surface area contributed by atoms with Crippen molar-refractivity contribution in [1.82, 2.24) is 0 Å². The number of carbonyl (C=O) groups is 3. The molecule has 0 fully saturated rings. The van der Waals surface area contributed by atoms with E-state index in [2.05, 4.69) is 4.18 Å². The van der Waals surface area contributed by atoms with E-state index < -0.39 is 46.3 Å². The second-order valence-corrected chi connectivity index (χ2v) is 4.21. The fourth-order valence-corrected chi connectivity index (χ4v) is 1.56. The van der Waals surface area contributed by atoms with E-state index in [0.29, 0.717) is 0 Å². The van der Waals surface area contributed by atoms with E-state index in [1.54, 1.807) is 0 Å². The number of aliphatic carboxylic acids is 3. The van der Waals surface area contributed by atoms with Crippen LogP contribution < -0.4 is 0 Å². The number of carboxylic acid groups (broad SMARTS) is 3. The Morgan fingerprint density at radius 3 is 1.88 bits per heavy atom. The summed E-state index contributed by atoms with van der Waals surface area (Å²) in [4.78, 5) is 30.6. The van der Waals surface area contributed by atoms with Gasteiger partial charge in [-0.3, -0.25) is 13.8 Å². The molecule has 0 saturated carbocycles. The van der Waals surface area contributed by atoms with E-state index in [4.69, 9.17) is 15.3 Å².